The summed E-state index contributed by atoms with van der Waals surface area (Å²) in [5, 5.41) is 9.17. The van der Waals surface area contributed by atoms with Crippen molar-refractivity contribution in [3.05, 3.63) is 14.7 Å². The molecule has 0 amide bonds. The van der Waals surface area contributed by atoms with Crippen LogP contribution in [0.3, 0.4) is 0 Å². The predicted molar refractivity (Wildman–Crippen MR) is 80.0 cm³/mol. The van der Waals surface area contributed by atoms with E-state index < -0.39 is 10.0 Å². The fourth-order valence-corrected chi connectivity index (χ4v) is 6.66. The van der Waals surface area contributed by atoms with Crippen LogP contribution in [0.1, 0.15) is 30.6 Å². The molecule has 0 saturated heterocycles. The van der Waals surface area contributed by atoms with Crippen molar-refractivity contribution in [2.24, 2.45) is 0 Å². The van der Waals surface area contributed by atoms with Crippen molar-refractivity contribution in [1.29, 1.82) is 0 Å². The number of aliphatic hydroxyl groups is 1. The van der Waals surface area contributed by atoms with E-state index in [2.05, 4.69) is 15.9 Å². The molecule has 1 aromatic heterocycles. The van der Waals surface area contributed by atoms with Crippen molar-refractivity contribution in [3.8, 4) is 0 Å². The standard InChI is InChI=1S/C12H18BrNO3S2/c1-9-11(8-12(13)18-9)19(16,17)14(6-7-15)10-4-2-3-5-10/h8,10,15H,2-7H2,1H3. The first kappa shape index (κ1) is 15.4. The molecule has 0 aliphatic heterocycles. The van der Waals surface area contributed by atoms with E-state index in [4.69, 9.17) is 5.11 Å². The molecule has 7 heteroatoms. The SMILES string of the molecule is Cc1sc(Br)cc1S(=O)(=O)N(CCO)C1CCCC1. The Bertz CT molecular complexity index is 535. The van der Waals surface area contributed by atoms with E-state index in [1.54, 1.807) is 6.07 Å². The van der Waals surface area contributed by atoms with Crippen LogP contribution in [0, 0.1) is 6.92 Å². The molecule has 1 N–H and O–H groups in total. The Morgan fingerprint density at radius 3 is 2.58 bits per heavy atom. The number of rotatable bonds is 5. The van der Waals surface area contributed by atoms with Gasteiger partial charge in [0.05, 0.1) is 15.3 Å². The van der Waals surface area contributed by atoms with Gasteiger partial charge in [-0.3, -0.25) is 0 Å². The number of aliphatic hydroxyl groups excluding tert-OH is 1. The van der Waals surface area contributed by atoms with Crippen molar-refractivity contribution >= 4 is 37.3 Å². The highest BCUT2D eigenvalue weighted by molar-refractivity contribution is 9.11. The average Bonchev–Trinajstić information content (AvgIpc) is 2.95. The van der Waals surface area contributed by atoms with Gasteiger partial charge in [0, 0.05) is 17.5 Å². The second-order valence-corrected chi connectivity index (χ2v) is 9.24. The number of nitrogens with zero attached hydrogens (tertiary/aromatic N) is 1. The molecule has 1 aliphatic rings. The highest BCUT2D eigenvalue weighted by Gasteiger charge is 2.34. The summed E-state index contributed by atoms with van der Waals surface area (Å²) in [5.41, 5.74) is 0. The van der Waals surface area contributed by atoms with E-state index in [0.717, 1.165) is 34.3 Å². The van der Waals surface area contributed by atoms with Gasteiger partial charge in [-0.2, -0.15) is 4.31 Å². The van der Waals surface area contributed by atoms with Gasteiger partial charge in [0.1, 0.15) is 0 Å². The van der Waals surface area contributed by atoms with E-state index in [-0.39, 0.29) is 19.2 Å². The van der Waals surface area contributed by atoms with Crippen molar-refractivity contribution in [2.75, 3.05) is 13.2 Å². The van der Waals surface area contributed by atoms with Gasteiger partial charge >= 0.3 is 0 Å². The largest absolute Gasteiger partial charge is 0.395 e. The second-order valence-electron chi connectivity index (χ2n) is 4.75. The van der Waals surface area contributed by atoms with Gasteiger partial charge < -0.3 is 5.11 Å². The zero-order chi connectivity index (χ0) is 14.0. The predicted octanol–water partition coefficient (Wildman–Crippen LogP) is 2.74. The fraction of sp³-hybridized carbons (Fsp3) is 0.667. The molecule has 0 radical (unpaired) electrons. The maximum Gasteiger partial charge on any atom is 0.244 e. The van der Waals surface area contributed by atoms with Crippen LogP contribution in [0.2, 0.25) is 0 Å². The lowest BCUT2D eigenvalue weighted by molar-refractivity contribution is 0.226. The maximum absolute atomic E-state index is 12.7. The highest BCUT2D eigenvalue weighted by atomic mass is 79.9. The van der Waals surface area contributed by atoms with Crippen LogP contribution in [-0.4, -0.2) is 37.0 Å². The lowest BCUT2D eigenvalue weighted by Crippen LogP contribution is -2.40. The van der Waals surface area contributed by atoms with E-state index in [1.807, 2.05) is 6.92 Å². The molecular weight excluding hydrogens is 350 g/mol. The molecule has 0 aromatic carbocycles. The quantitative estimate of drug-likeness (QED) is 0.870. The van der Waals surface area contributed by atoms with Crippen molar-refractivity contribution in [1.82, 2.24) is 4.31 Å². The summed E-state index contributed by atoms with van der Waals surface area (Å²) in [4.78, 5) is 1.15. The molecule has 4 nitrogen and oxygen atoms in total. The van der Waals surface area contributed by atoms with Gasteiger partial charge in [0.15, 0.2) is 0 Å². The molecule has 1 saturated carbocycles. The summed E-state index contributed by atoms with van der Waals surface area (Å²) >= 11 is 4.76. The number of aryl methyl sites for hydroxylation is 1. The van der Waals surface area contributed by atoms with Gasteiger partial charge in [-0.05, 0) is 41.8 Å². The normalized spacial score (nSPS) is 17.5. The molecule has 1 aromatic rings. The molecule has 1 heterocycles. The minimum Gasteiger partial charge on any atom is -0.395 e. The first-order valence-corrected chi connectivity index (χ1v) is 9.40. The Hall–Kier alpha value is 0.0500. The summed E-state index contributed by atoms with van der Waals surface area (Å²) in [6.45, 7) is 1.86. The molecule has 0 spiro atoms. The second kappa shape index (κ2) is 6.22. The molecule has 0 atom stereocenters. The van der Waals surface area contributed by atoms with E-state index in [0.29, 0.717) is 4.90 Å². The van der Waals surface area contributed by atoms with Gasteiger partial charge in [0.2, 0.25) is 10.0 Å². The Morgan fingerprint density at radius 2 is 2.11 bits per heavy atom. The van der Waals surface area contributed by atoms with Gasteiger partial charge in [0.25, 0.3) is 0 Å². The third-order valence-electron chi connectivity index (χ3n) is 3.48. The zero-order valence-electron chi connectivity index (χ0n) is 10.8. The van der Waals surface area contributed by atoms with Crippen LogP contribution in [0.4, 0.5) is 0 Å². The maximum atomic E-state index is 12.7. The molecule has 1 fully saturated rings. The Labute approximate surface area is 126 Å². The molecule has 0 unspecified atom stereocenters. The minimum absolute atomic E-state index is 0.0372. The highest BCUT2D eigenvalue weighted by Crippen LogP contribution is 2.34. The summed E-state index contributed by atoms with van der Waals surface area (Å²) in [5.74, 6) is 0. The van der Waals surface area contributed by atoms with Gasteiger partial charge in [-0.25, -0.2) is 8.42 Å². The summed E-state index contributed by atoms with van der Waals surface area (Å²) in [6.07, 6.45) is 3.91. The fourth-order valence-electron chi connectivity index (χ4n) is 2.60. The van der Waals surface area contributed by atoms with Crippen LogP contribution >= 0.6 is 27.3 Å². The molecule has 108 valence electrons. The number of halogens is 1. The zero-order valence-corrected chi connectivity index (χ0v) is 14.0. The summed E-state index contributed by atoms with van der Waals surface area (Å²) in [6, 6.07) is 1.70. The first-order chi connectivity index (χ1) is 8.96. The van der Waals surface area contributed by atoms with Crippen LogP contribution in [0.25, 0.3) is 0 Å². The smallest absolute Gasteiger partial charge is 0.244 e. The number of thiophene rings is 1. The van der Waals surface area contributed by atoms with Gasteiger partial charge in [-0.15, -0.1) is 11.3 Å². The molecule has 1 aliphatic carbocycles. The third-order valence-corrected chi connectivity index (χ3v) is 7.24. The number of hydrogen-bond donors (Lipinski definition) is 1. The van der Waals surface area contributed by atoms with Crippen molar-refractivity contribution < 1.29 is 13.5 Å². The topological polar surface area (TPSA) is 57.6 Å². The molecule has 0 bridgehead atoms. The van der Waals surface area contributed by atoms with E-state index in [1.165, 1.54) is 15.6 Å². The van der Waals surface area contributed by atoms with Crippen molar-refractivity contribution in [3.63, 3.8) is 0 Å². The van der Waals surface area contributed by atoms with Crippen LogP contribution in [0.15, 0.2) is 14.7 Å². The summed E-state index contributed by atoms with van der Waals surface area (Å²) < 4.78 is 27.8. The Balaban J connectivity index is 2.36. The monoisotopic (exact) mass is 367 g/mol. The molecule has 19 heavy (non-hydrogen) atoms. The lowest BCUT2D eigenvalue weighted by Gasteiger charge is -2.27. The number of sulfonamides is 1. The van der Waals surface area contributed by atoms with E-state index >= 15 is 0 Å². The molecular formula is C12H18BrNO3S2. The van der Waals surface area contributed by atoms with Crippen LogP contribution < -0.4 is 0 Å². The minimum atomic E-state index is -3.50. The number of hydrogen-bond acceptors (Lipinski definition) is 4. The van der Waals surface area contributed by atoms with Crippen LogP contribution in [-0.2, 0) is 10.0 Å². The molecule has 2 rings (SSSR count). The summed E-state index contributed by atoms with van der Waals surface area (Å²) in [7, 11) is -3.50. The first-order valence-electron chi connectivity index (χ1n) is 6.35. The Morgan fingerprint density at radius 1 is 1.47 bits per heavy atom. The average molecular weight is 368 g/mol. The third kappa shape index (κ3) is 3.21. The van der Waals surface area contributed by atoms with Gasteiger partial charge in [-0.1, -0.05) is 12.8 Å². The van der Waals surface area contributed by atoms with E-state index in [9.17, 15) is 8.42 Å². The van der Waals surface area contributed by atoms with Crippen molar-refractivity contribution in [2.45, 2.75) is 43.5 Å². The lowest BCUT2D eigenvalue weighted by atomic mass is 10.2. The van der Waals surface area contributed by atoms with Crippen LogP contribution in [0.5, 0.6) is 0 Å². The Kier molecular flexibility index (Phi) is 5.05.